The summed E-state index contributed by atoms with van der Waals surface area (Å²) in [7, 11) is 0. The van der Waals surface area contributed by atoms with E-state index in [4.69, 9.17) is 0 Å². The van der Waals surface area contributed by atoms with Gasteiger partial charge in [0.25, 0.3) is 5.91 Å². The van der Waals surface area contributed by atoms with Crippen molar-refractivity contribution in [3.63, 3.8) is 0 Å². The summed E-state index contributed by atoms with van der Waals surface area (Å²) in [4.78, 5) is 20.8. The second kappa shape index (κ2) is 5.82. The fourth-order valence-electron chi connectivity index (χ4n) is 1.11. The zero-order chi connectivity index (χ0) is 12.0. The zero-order valence-electron chi connectivity index (χ0n) is 8.50. The highest BCUT2D eigenvalue weighted by Gasteiger charge is 2.17. The SMILES string of the molecule is O=C(Nc1ccccc1)C(O)CC[N+](=O)[O-]. The second-order valence-electron chi connectivity index (χ2n) is 3.22. The molecule has 6 nitrogen and oxygen atoms in total. The standard InChI is InChI=1S/C10H12N2O4/c13-9(6-7-12(15)16)10(14)11-8-4-2-1-3-5-8/h1-5,9,13H,6-7H2,(H,11,14). The number of aliphatic hydroxyl groups excluding tert-OH is 1. The van der Waals surface area contributed by atoms with Gasteiger partial charge in [0, 0.05) is 17.0 Å². The molecule has 1 aromatic carbocycles. The average molecular weight is 224 g/mol. The van der Waals surface area contributed by atoms with Crippen LogP contribution >= 0.6 is 0 Å². The van der Waals surface area contributed by atoms with E-state index in [1.807, 2.05) is 0 Å². The van der Waals surface area contributed by atoms with E-state index in [2.05, 4.69) is 5.32 Å². The summed E-state index contributed by atoms with van der Waals surface area (Å²) in [6.07, 6.45) is -1.54. The third kappa shape index (κ3) is 4.05. The first-order valence-electron chi connectivity index (χ1n) is 4.75. The number of nitrogens with one attached hydrogen (secondary N) is 1. The van der Waals surface area contributed by atoms with Crippen molar-refractivity contribution in [2.75, 3.05) is 11.9 Å². The molecule has 1 unspecified atom stereocenters. The minimum Gasteiger partial charge on any atom is -0.383 e. The van der Waals surface area contributed by atoms with Crippen molar-refractivity contribution in [1.29, 1.82) is 0 Å². The van der Waals surface area contributed by atoms with Crippen molar-refractivity contribution in [2.45, 2.75) is 12.5 Å². The van der Waals surface area contributed by atoms with Gasteiger partial charge in [-0.05, 0) is 12.1 Å². The summed E-state index contributed by atoms with van der Waals surface area (Å²) in [5, 5.41) is 21.8. The number of carbonyl (C=O) groups excluding carboxylic acids is 1. The lowest BCUT2D eigenvalue weighted by molar-refractivity contribution is -0.481. The van der Waals surface area contributed by atoms with Crippen LogP contribution in [0.25, 0.3) is 0 Å². The van der Waals surface area contributed by atoms with E-state index in [-0.39, 0.29) is 6.42 Å². The molecule has 0 bridgehead atoms. The van der Waals surface area contributed by atoms with Crippen molar-refractivity contribution in [1.82, 2.24) is 0 Å². The molecule has 0 aliphatic rings. The van der Waals surface area contributed by atoms with Gasteiger partial charge in [-0.3, -0.25) is 14.9 Å². The number of rotatable bonds is 5. The summed E-state index contributed by atoms with van der Waals surface area (Å²) in [6, 6.07) is 8.59. The quantitative estimate of drug-likeness (QED) is 0.567. The highest BCUT2D eigenvalue weighted by Crippen LogP contribution is 2.06. The van der Waals surface area contributed by atoms with Gasteiger partial charge in [0.2, 0.25) is 6.54 Å². The summed E-state index contributed by atoms with van der Waals surface area (Å²) in [5.74, 6) is -0.631. The molecule has 0 fully saturated rings. The maximum Gasteiger partial charge on any atom is 0.253 e. The largest absolute Gasteiger partial charge is 0.383 e. The summed E-state index contributed by atoms with van der Waals surface area (Å²) in [5.41, 5.74) is 0.549. The molecular formula is C10H12N2O4. The number of hydrogen-bond donors (Lipinski definition) is 2. The third-order valence-electron chi connectivity index (χ3n) is 1.93. The lowest BCUT2D eigenvalue weighted by Crippen LogP contribution is -2.29. The van der Waals surface area contributed by atoms with Crippen LogP contribution in [0.15, 0.2) is 30.3 Å². The van der Waals surface area contributed by atoms with Crippen LogP contribution in [0.2, 0.25) is 0 Å². The van der Waals surface area contributed by atoms with Crippen molar-refractivity contribution < 1.29 is 14.8 Å². The van der Waals surface area contributed by atoms with E-state index in [0.717, 1.165) is 0 Å². The minimum atomic E-state index is -1.36. The van der Waals surface area contributed by atoms with Gasteiger partial charge in [-0.2, -0.15) is 0 Å². The van der Waals surface area contributed by atoms with Gasteiger partial charge in [-0.1, -0.05) is 18.2 Å². The topological polar surface area (TPSA) is 92.5 Å². The Labute approximate surface area is 92.0 Å². The van der Waals surface area contributed by atoms with E-state index >= 15 is 0 Å². The van der Waals surface area contributed by atoms with Gasteiger partial charge in [-0.15, -0.1) is 0 Å². The molecule has 0 aliphatic carbocycles. The monoisotopic (exact) mass is 224 g/mol. The normalized spacial score (nSPS) is 11.8. The summed E-state index contributed by atoms with van der Waals surface area (Å²) in [6.45, 7) is -0.427. The van der Waals surface area contributed by atoms with E-state index in [0.29, 0.717) is 5.69 Å². The van der Waals surface area contributed by atoms with E-state index in [1.54, 1.807) is 30.3 Å². The van der Waals surface area contributed by atoms with E-state index in [1.165, 1.54) is 0 Å². The summed E-state index contributed by atoms with van der Waals surface area (Å²) < 4.78 is 0. The van der Waals surface area contributed by atoms with Gasteiger partial charge in [0.15, 0.2) is 0 Å². The molecule has 1 aromatic rings. The molecule has 0 radical (unpaired) electrons. The number of nitrogens with zero attached hydrogens (tertiary/aromatic N) is 1. The molecule has 86 valence electrons. The second-order valence-corrected chi connectivity index (χ2v) is 3.22. The van der Waals surface area contributed by atoms with Gasteiger partial charge in [-0.25, -0.2) is 0 Å². The lowest BCUT2D eigenvalue weighted by atomic mass is 10.2. The van der Waals surface area contributed by atoms with Gasteiger partial charge in [0.1, 0.15) is 6.10 Å². The predicted octanol–water partition coefficient (Wildman–Crippen LogP) is 0.653. The molecule has 0 spiro atoms. The molecule has 2 N–H and O–H groups in total. The van der Waals surface area contributed by atoms with Crippen LogP contribution in [0.4, 0.5) is 5.69 Å². The van der Waals surface area contributed by atoms with Crippen LogP contribution < -0.4 is 5.32 Å². The van der Waals surface area contributed by atoms with Crippen LogP contribution in [0, 0.1) is 10.1 Å². The van der Waals surface area contributed by atoms with Crippen LogP contribution in [0.3, 0.4) is 0 Å². The number of benzene rings is 1. The van der Waals surface area contributed by atoms with E-state index < -0.39 is 23.5 Å². The van der Waals surface area contributed by atoms with Crippen LogP contribution in [-0.4, -0.2) is 28.6 Å². The van der Waals surface area contributed by atoms with Crippen molar-refractivity contribution >= 4 is 11.6 Å². The molecule has 1 rings (SSSR count). The number of hydrogen-bond acceptors (Lipinski definition) is 4. The first kappa shape index (κ1) is 12.1. The maximum atomic E-state index is 11.3. The molecule has 16 heavy (non-hydrogen) atoms. The van der Waals surface area contributed by atoms with Crippen LogP contribution in [0.1, 0.15) is 6.42 Å². The van der Waals surface area contributed by atoms with E-state index in [9.17, 15) is 20.0 Å². The Bertz CT molecular complexity index is 366. The Hall–Kier alpha value is -1.95. The maximum absolute atomic E-state index is 11.3. The first-order chi connectivity index (χ1) is 7.59. The molecule has 1 atom stereocenters. The first-order valence-corrected chi connectivity index (χ1v) is 4.75. The Morgan fingerprint density at radius 2 is 2.06 bits per heavy atom. The number of aliphatic hydroxyl groups is 1. The molecule has 0 heterocycles. The Morgan fingerprint density at radius 3 is 2.62 bits per heavy atom. The Kier molecular flexibility index (Phi) is 4.41. The highest BCUT2D eigenvalue weighted by molar-refractivity contribution is 5.93. The molecule has 0 saturated heterocycles. The van der Waals surface area contributed by atoms with Gasteiger partial charge in [0.05, 0.1) is 0 Å². The number of para-hydroxylation sites is 1. The third-order valence-corrected chi connectivity index (χ3v) is 1.93. The van der Waals surface area contributed by atoms with Crippen molar-refractivity contribution in [3.8, 4) is 0 Å². The molecule has 0 aromatic heterocycles. The number of nitro groups is 1. The predicted molar refractivity (Wildman–Crippen MR) is 57.6 cm³/mol. The number of anilines is 1. The molecule has 1 amide bonds. The average Bonchev–Trinajstić information content (AvgIpc) is 2.27. The number of amides is 1. The lowest BCUT2D eigenvalue weighted by Gasteiger charge is -2.09. The highest BCUT2D eigenvalue weighted by atomic mass is 16.6. The fourth-order valence-corrected chi connectivity index (χ4v) is 1.11. The van der Waals surface area contributed by atoms with Gasteiger partial charge < -0.3 is 10.4 Å². The zero-order valence-corrected chi connectivity index (χ0v) is 8.50. The smallest absolute Gasteiger partial charge is 0.253 e. The van der Waals surface area contributed by atoms with Gasteiger partial charge >= 0.3 is 0 Å². The molecule has 0 aliphatic heterocycles. The molecular weight excluding hydrogens is 212 g/mol. The van der Waals surface area contributed by atoms with Crippen LogP contribution in [-0.2, 0) is 4.79 Å². The Morgan fingerprint density at radius 1 is 1.44 bits per heavy atom. The van der Waals surface area contributed by atoms with Crippen molar-refractivity contribution in [3.05, 3.63) is 40.4 Å². The fraction of sp³-hybridized carbons (Fsp3) is 0.300. The minimum absolute atomic E-state index is 0.189. The Balaban J connectivity index is 2.43. The summed E-state index contributed by atoms with van der Waals surface area (Å²) >= 11 is 0. The van der Waals surface area contributed by atoms with Crippen LogP contribution in [0.5, 0.6) is 0 Å². The molecule has 0 saturated carbocycles. The number of carbonyl (C=O) groups is 1. The molecule has 6 heteroatoms. The van der Waals surface area contributed by atoms with Crippen molar-refractivity contribution in [2.24, 2.45) is 0 Å².